The number of carbonyl (C=O) groups is 1. The van der Waals surface area contributed by atoms with Gasteiger partial charge >= 0.3 is 0 Å². The summed E-state index contributed by atoms with van der Waals surface area (Å²) in [7, 11) is 0. The molecule has 0 saturated carbocycles. The summed E-state index contributed by atoms with van der Waals surface area (Å²) in [5.74, 6) is -0.688. The highest BCUT2D eigenvalue weighted by Gasteiger charge is 2.12. The number of rotatable bonds is 3. The van der Waals surface area contributed by atoms with Crippen molar-refractivity contribution in [1.29, 1.82) is 0 Å². The van der Waals surface area contributed by atoms with Crippen LogP contribution < -0.4 is 9.88 Å². The lowest BCUT2D eigenvalue weighted by Crippen LogP contribution is -2.31. The fraction of sp³-hybridized carbons (Fsp3) is 0. The Morgan fingerprint density at radius 2 is 1.91 bits per heavy atom. The summed E-state index contributed by atoms with van der Waals surface area (Å²) < 4.78 is 15.0. The Balaban J connectivity index is 1.84. The van der Waals surface area contributed by atoms with Crippen LogP contribution in [0.15, 0.2) is 73.3 Å². The monoisotopic (exact) mass is 294 g/mol. The third kappa shape index (κ3) is 3.15. The van der Waals surface area contributed by atoms with E-state index in [0.717, 1.165) is 5.69 Å². The smallest absolute Gasteiger partial charge is 0.261 e. The van der Waals surface area contributed by atoms with Gasteiger partial charge in [-0.15, -0.1) is 0 Å². The summed E-state index contributed by atoms with van der Waals surface area (Å²) >= 11 is 0. The average molecular weight is 294 g/mol. The highest BCUT2D eigenvalue weighted by atomic mass is 19.1. The van der Waals surface area contributed by atoms with E-state index in [4.69, 9.17) is 0 Å². The molecule has 1 amide bonds. The molecule has 0 spiro atoms. The first kappa shape index (κ1) is 13.9. The molecule has 0 aliphatic heterocycles. The van der Waals surface area contributed by atoms with Crippen LogP contribution in [0.4, 0.5) is 10.1 Å². The Labute approximate surface area is 126 Å². The fourth-order valence-electron chi connectivity index (χ4n) is 2.06. The molecule has 22 heavy (non-hydrogen) atoms. The molecule has 0 unspecified atom stereocenters. The number of anilines is 1. The van der Waals surface area contributed by atoms with Crippen LogP contribution in [0, 0.1) is 5.82 Å². The molecule has 0 atom stereocenters. The summed E-state index contributed by atoms with van der Waals surface area (Å²) in [6, 6.07) is 13.0. The molecular weight excluding hydrogens is 281 g/mol. The van der Waals surface area contributed by atoms with Gasteiger partial charge in [-0.1, -0.05) is 6.07 Å². The minimum Gasteiger partial charge on any atom is -0.322 e. The van der Waals surface area contributed by atoms with Crippen molar-refractivity contribution in [3.05, 3.63) is 84.7 Å². The van der Waals surface area contributed by atoms with Gasteiger partial charge in [0.1, 0.15) is 11.4 Å². The molecule has 0 saturated heterocycles. The van der Waals surface area contributed by atoms with Gasteiger partial charge in [-0.25, -0.2) is 4.39 Å². The number of carbonyl (C=O) groups excluding carboxylic acids is 1. The van der Waals surface area contributed by atoms with E-state index < -0.39 is 5.82 Å². The number of hydrogen-bond donors (Lipinski definition) is 1. The predicted molar refractivity (Wildman–Crippen MR) is 80.1 cm³/mol. The van der Waals surface area contributed by atoms with Crippen LogP contribution in [0.3, 0.4) is 0 Å². The number of nitrogens with zero attached hydrogens (tertiary/aromatic N) is 2. The Morgan fingerprint density at radius 3 is 2.68 bits per heavy atom. The number of nitrogens with one attached hydrogen (secondary N) is 1. The predicted octanol–water partition coefficient (Wildman–Crippen LogP) is 2.75. The molecule has 1 aromatic carbocycles. The van der Waals surface area contributed by atoms with E-state index in [1.165, 1.54) is 12.1 Å². The number of hydrogen-bond acceptors (Lipinski definition) is 2. The Bertz CT molecular complexity index is 806. The second kappa shape index (κ2) is 6.13. The van der Waals surface area contributed by atoms with Gasteiger partial charge in [-0.2, -0.15) is 4.57 Å². The van der Waals surface area contributed by atoms with Crippen molar-refractivity contribution < 1.29 is 13.8 Å². The maximum absolute atomic E-state index is 13.1. The van der Waals surface area contributed by atoms with Crippen LogP contribution in [0.5, 0.6) is 0 Å². The highest BCUT2D eigenvalue weighted by Crippen LogP contribution is 2.10. The van der Waals surface area contributed by atoms with E-state index in [1.54, 1.807) is 42.9 Å². The summed E-state index contributed by atoms with van der Waals surface area (Å²) in [6.07, 6.45) is 6.92. The van der Waals surface area contributed by atoms with Gasteiger partial charge in [-0.3, -0.25) is 9.78 Å². The van der Waals surface area contributed by atoms with Crippen LogP contribution >= 0.6 is 0 Å². The van der Waals surface area contributed by atoms with Gasteiger partial charge < -0.3 is 5.32 Å². The molecule has 0 bridgehead atoms. The molecule has 0 aliphatic rings. The van der Waals surface area contributed by atoms with Crippen molar-refractivity contribution in [1.82, 2.24) is 4.98 Å². The first-order valence-corrected chi connectivity index (χ1v) is 6.71. The van der Waals surface area contributed by atoms with Crippen LogP contribution in [-0.4, -0.2) is 10.9 Å². The molecule has 108 valence electrons. The fourth-order valence-corrected chi connectivity index (χ4v) is 2.06. The molecule has 0 aliphatic carbocycles. The Morgan fingerprint density at radius 1 is 1.09 bits per heavy atom. The first-order chi connectivity index (χ1) is 10.7. The van der Waals surface area contributed by atoms with E-state index in [-0.39, 0.29) is 5.91 Å². The number of benzene rings is 1. The lowest BCUT2D eigenvalue weighted by molar-refractivity contribution is -0.595. The van der Waals surface area contributed by atoms with E-state index in [1.807, 2.05) is 22.9 Å². The number of amides is 1. The number of halogens is 1. The van der Waals surface area contributed by atoms with E-state index >= 15 is 0 Å². The maximum Gasteiger partial charge on any atom is 0.261 e. The van der Waals surface area contributed by atoms with E-state index in [0.29, 0.717) is 11.3 Å². The van der Waals surface area contributed by atoms with Gasteiger partial charge in [0.2, 0.25) is 5.69 Å². The van der Waals surface area contributed by atoms with Crippen LogP contribution in [-0.2, 0) is 0 Å². The molecule has 5 heteroatoms. The Kier molecular flexibility index (Phi) is 3.87. The molecular formula is C17H13FN3O+. The topological polar surface area (TPSA) is 45.9 Å². The van der Waals surface area contributed by atoms with Gasteiger partial charge in [-0.05, 0) is 24.3 Å². The van der Waals surface area contributed by atoms with Crippen molar-refractivity contribution in [2.24, 2.45) is 0 Å². The van der Waals surface area contributed by atoms with Crippen molar-refractivity contribution >= 4 is 11.6 Å². The second-order valence-electron chi connectivity index (χ2n) is 4.67. The minimum atomic E-state index is -0.391. The quantitative estimate of drug-likeness (QED) is 0.755. The average Bonchev–Trinajstić information content (AvgIpc) is 2.56. The molecule has 0 fully saturated rings. The van der Waals surface area contributed by atoms with Crippen LogP contribution in [0.1, 0.15) is 10.4 Å². The standard InChI is InChI=1S/C17H12FN3O/c18-14-4-1-5-15(11-14)20-17(22)13-3-2-10-21(12-13)16-6-8-19-9-7-16/h1-12H/p+1. The number of aromatic nitrogens is 2. The number of pyridine rings is 2. The van der Waals surface area contributed by atoms with Gasteiger partial charge in [0, 0.05) is 36.3 Å². The maximum atomic E-state index is 13.1. The SMILES string of the molecule is O=C(Nc1cccc(F)c1)c1ccc[n+](-c2ccncc2)c1. The first-order valence-electron chi connectivity index (χ1n) is 6.71. The molecule has 2 heterocycles. The Hall–Kier alpha value is -3.08. The zero-order valence-corrected chi connectivity index (χ0v) is 11.6. The molecule has 3 rings (SSSR count). The summed E-state index contributed by atoms with van der Waals surface area (Å²) in [5, 5.41) is 2.67. The zero-order chi connectivity index (χ0) is 15.4. The van der Waals surface area contributed by atoms with Crippen LogP contribution in [0.2, 0.25) is 0 Å². The molecule has 1 N–H and O–H groups in total. The third-order valence-electron chi connectivity index (χ3n) is 3.11. The zero-order valence-electron chi connectivity index (χ0n) is 11.6. The van der Waals surface area contributed by atoms with Crippen LogP contribution in [0.25, 0.3) is 5.69 Å². The molecule has 0 radical (unpaired) electrons. The van der Waals surface area contributed by atoms with Crippen molar-refractivity contribution in [2.75, 3.05) is 5.32 Å². The normalized spacial score (nSPS) is 10.2. The van der Waals surface area contributed by atoms with Gasteiger partial charge in [0.05, 0.1) is 0 Å². The molecule has 2 aromatic heterocycles. The highest BCUT2D eigenvalue weighted by molar-refractivity contribution is 6.03. The third-order valence-corrected chi connectivity index (χ3v) is 3.11. The lowest BCUT2D eigenvalue weighted by Gasteiger charge is -2.04. The van der Waals surface area contributed by atoms with Gasteiger partial charge in [0.15, 0.2) is 12.4 Å². The van der Waals surface area contributed by atoms with E-state index in [9.17, 15) is 9.18 Å². The van der Waals surface area contributed by atoms with Crippen molar-refractivity contribution in [3.8, 4) is 5.69 Å². The van der Waals surface area contributed by atoms with Crippen molar-refractivity contribution in [3.63, 3.8) is 0 Å². The molecule has 3 aromatic rings. The largest absolute Gasteiger partial charge is 0.322 e. The minimum absolute atomic E-state index is 0.297. The summed E-state index contributed by atoms with van der Waals surface area (Å²) in [6.45, 7) is 0. The summed E-state index contributed by atoms with van der Waals surface area (Å²) in [5.41, 5.74) is 1.79. The van der Waals surface area contributed by atoms with Crippen molar-refractivity contribution in [2.45, 2.75) is 0 Å². The van der Waals surface area contributed by atoms with E-state index in [2.05, 4.69) is 10.3 Å². The van der Waals surface area contributed by atoms with Gasteiger partial charge in [0.25, 0.3) is 5.91 Å². The lowest BCUT2D eigenvalue weighted by atomic mass is 10.2. The second-order valence-corrected chi connectivity index (χ2v) is 4.67. The summed E-state index contributed by atoms with van der Waals surface area (Å²) in [4.78, 5) is 16.2. The molecule has 4 nitrogen and oxygen atoms in total.